The molecule has 0 saturated heterocycles. The minimum Gasteiger partial charge on any atom is -0.478 e. The Hall–Kier alpha value is -2.17. The highest BCUT2D eigenvalue weighted by Crippen LogP contribution is 2.18. The molecule has 0 spiro atoms. The van der Waals surface area contributed by atoms with Gasteiger partial charge in [0.05, 0.1) is 0 Å². The number of rotatable bonds is 6. The Kier molecular flexibility index (Phi) is 5.43. The monoisotopic (exact) mass is 276 g/mol. The summed E-state index contributed by atoms with van der Waals surface area (Å²) in [6, 6.07) is 3.32. The van der Waals surface area contributed by atoms with Crippen LogP contribution in [0.1, 0.15) is 43.2 Å². The minimum atomic E-state index is -1.06. The molecule has 0 saturated carbocycles. The molecule has 1 aromatic rings. The number of carbonyl (C=O) groups excluding carboxylic acids is 1. The van der Waals surface area contributed by atoms with E-state index in [1.165, 1.54) is 12.3 Å². The van der Waals surface area contributed by atoms with Gasteiger partial charge >= 0.3 is 5.97 Å². The summed E-state index contributed by atoms with van der Waals surface area (Å²) in [5.74, 6) is -1.36. The van der Waals surface area contributed by atoms with Crippen LogP contribution in [0.4, 0.5) is 0 Å². The van der Waals surface area contributed by atoms with E-state index in [0.717, 1.165) is 12.5 Å². The standard InChI is InChI=1S/C15H20N2O3/c1-4-15(2,3)10-17-14(20)13-11(6-5-9-16-13)7-8-12(18)19/h5-9H,4,10H2,1-3H3,(H,17,20)(H,18,19)/b8-7+. The second kappa shape index (κ2) is 6.84. The number of hydrogen-bond donors (Lipinski definition) is 2. The Labute approximate surface area is 118 Å². The Morgan fingerprint density at radius 1 is 1.45 bits per heavy atom. The fourth-order valence-corrected chi connectivity index (χ4v) is 1.43. The third-order valence-corrected chi connectivity index (χ3v) is 3.14. The summed E-state index contributed by atoms with van der Waals surface area (Å²) < 4.78 is 0. The van der Waals surface area contributed by atoms with Crippen LogP contribution in [0, 0.1) is 5.41 Å². The topological polar surface area (TPSA) is 79.3 Å². The largest absolute Gasteiger partial charge is 0.478 e. The number of nitrogens with one attached hydrogen (secondary N) is 1. The highest BCUT2D eigenvalue weighted by atomic mass is 16.4. The molecule has 0 aromatic carbocycles. The van der Waals surface area contributed by atoms with Gasteiger partial charge in [-0.3, -0.25) is 9.78 Å². The first-order chi connectivity index (χ1) is 9.35. The van der Waals surface area contributed by atoms with Crippen molar-refractivity contribution < 1.29 is 14.7 Å². The Balaban J connectivity index is 2.85. The summed E-state index contributed by atoms with van der Waals surface area (Å²) in [5, 5.41) is 11.5. The van der Waals surface area contributed by atoms with E-state index in [-0.39, 0.29) is 17.0 Å². The first kappa shape index (κ1) is 15.9. The van der Waals surface area contributed by atoms with Crippen molar-refractivity contribution in [2.24, 2.45) is 5.41 Å². The number of pyridine rings is 1. The Morgan fingerprint density at radius 2 is 2.15 bits per heavy atom. The van der Waals surface area contributed by atoms with E-state index in [1.54, 1.807) is 12.1 Å². The highest BCUT2D eigenvalue weighted by Gasteiger charge is 2.18. The molecule has 0 radical (unpaired) electrons. The quantitative estimate of drug-likeness (QED) is 0.782. The van der Waals surface area contributed by atoms with Crippen LogP contribution in [-0.2, 0) is 4.79 Å². The van der Waals surface area contributed by atoms with Gasteiger partial charge < -0.3 is 10.4 Å². The number of hydrogen-bond acceptors (Lipinski definition) is 3. The summed E-state index contributed by atoms with van der Waals surface area (Å²) in [7, 11) is 0. The zero-order chi connectivity index (χ0) is 15.2. The maximum Gasteiger partial charge on any atom is 0.328 e. The number of nitrogens with zero attached hydrogens (tertiary/aromatic N) is 1. The molecule has 1 aromatic heterocycles. The van der Waals surface area contributed by atoms with Crippen LogP contribution in [0.15, 0.2) is 24.4 Å². The number of carboxylic acids is 1. The SMILES string of the molecule is CCC(C)(C)CNC(=O)c1ncccc1/C=C/C(=O)O. The molecule has 0 aliphatic heterocycles. The van der Waals surface area contributed by atoms with Gasteiger partial charge in [0.15, 0.2) is 0 Å². The summed E-state index contributed by atoms with van der Waals surface area (Å²) >= 11 is 0. The molecule has 0 bridgehead atoms. The van der Waals surface area contributed by atoms with E-state index < -0.39 is 5.97 Å². The van der Waals surface area contributed by atoms with E-state index in [4.69, 9.17) is 5.11 Å². The van der Waals surface area contributed by atoms with E-state index in [2.05, 4.69) is 31.1 Å². The van der Waals surface area contributed by atoms with Crippen LogP contribution < -0.4 is 5.32 Å². The zero-order valence-electron chi connectivity index (χ0n) is 12.0. The summed E-state index contributed by atoms with van der Waals surface area (Å²) in [5.41, 5.74) is 0.736. The predicted molar refractivity (Wildman–Crippen MR) is 77.3 cm³/mol. The van der Waals surface area contributed by atoms with Crippen molar-refractivity contribution in [3.63, 3.8) is 0 Å². The van der Waals surface area contributed by atoms with Crippen molar-refractivity contribution in [3.8, 4) is 0 Å². The minimum absolute atomic E-state index is 0.0154. The van der Waals surface area contributed by atoms with Crippen molar-refractivity contribution in [1.82, 2.24) is 10.3 Å². The van der Waals surface area contributed by atoms with E-state index in [0.29, 0.717) is 12.1 Å². The lowest BCUT2D eigenvalue weighted by molar-refractivity contribution is -0.131. The number of aliphatic carboxylic acids is 1. The first-order valence-electron chi connectivity index (χ1n) is 6.50. The van der Waals surface area contributed by atoms with Gasteiger partial charge in [-0.05, 0) is 24.0 Å². The molecule has 2 N–H and O–H groups in total. The average molecular weight is 276 g/mol. The molecule has 1 rings (SSSR count). The molecule has 0 fully saturated rings. The third-order valence-electron chi connectivity index (χ3n) is 3.14. The fourth-order valence-electron chi connectivity index (χ4n) is 1.43. The summed E-state index contributed by atoms with van der Waals surface area (Å²) in [4.78, 5) is 26.7. The molecule has 20 heavy (non-hydrogen) atoms. The van der Waals surface area contributed by atoms with Crippen LogP contribution in [0.5, 0.6) is 0 Å². The molecule has 1 amide bonds. The van der Waals surface area contributed by atoms with Crippen LogP contribution in [0.3, 0.4) is 0 Å². The smallest absolute Gasteiger partial charge is 0.328 e. The van der Waals surface area contributed by atoms with Crippen molar-refractivity contribution in [1.29, 1.82) is 0 Å². The lowest BCUT2D eigenvalue weighted by Gasteiger charge is -2.22. The van der Waals surface area contributed by atoms with Gasteiger partial charge in [-0.2, -0.15) is 0 Å². The zero-order valence-corrected chi connectivity index (χ0v) is 12.0. The molecule has 0 aliphatic carbocycles. The van der Waals surface area contributed by atoms with Gasteiger partial charge in [-0.25, -0.2) is 4.79 Å². The van der Waals surface area contributed by atoms with Gasteiger partial charge in [-0.15, -0.1) is 0 Å². The van der Waals surface area contributed by atoms with Gasteiger partial charge in [0, 0.05) is 24.4 Å². The molecule has 1 heterocycles. The van der Waals surface area contributed by atoms with Crippen LogP contribution in [0.25, 0.3) is 6.08 Å². The predicted octanol–water partition coefficient (Wildman–Crippen LogP) is 2.35. The second-order valence-electron chi connectivity index (χ2n) is 5.31. The molecular weight excluding hydrogens is 256 g/mol. The first-order valence-corrected chi connectivity index (χ1v) is 6.50. The maximum atomic E-state index is 12.1. The number of carboxylic acid groups (broad SMARTS) is 1. The van der Waals surface area contributed by atoms with Gasteiger partial charge in [-0.1, -0.05) is 26.8 Å². The fraction of sp³-hybridized carbons (Fsp3) is 0.400. The van der Waals surface area contributed by atoms with E-state index in [1.807, 2.05) is 0 Å². The van der Waals surface area contributed by atoms with E-state index in [9.17, 15) is 9.59 Å². The molecule has 5 heteroatoms. The number of amides is 1. The van der Waals surface area contributed by atoms with Crippen molar-refractivity contribution in [2.45, 2.75) is 27.2 Å². The highest BCUT2D eigenvalue weighted by molar-refractivity contribution is 5.97. The average Bonchev–Trinajstić information content (AvgIpc) is 2.43. The summed E-state index contributed by atoms with van der Waals surface area (Å²) in [6.07, 6.45) is 4.82. The summed E-state index contributed by atoms with van der Waals surface area (Å²) in [6.45, 7) is 6.74. The van der Waals surface area contributed by atoms with Crippen molar-refractivity contribution in [3.05, 3.63) is 35.7 Å². The molecule has 108 valence electrons. The number of carbonyl (C=O) groups is 2. The number of aromatic nitrogens is 1. The van der Waals surface area contributed by atoms with Crippen LogP contribution in [-0.4, -0.2) is 28.5 Å². The molecule has 5 nitrogen and oxygen atoms in total. The normalized spacial score (nSPS) is 11.6. The van der Waals surface area contributed by atoms with Gasteiger partial charge in [0.2, 0.25) is 0 Å². The van der Waals surface area contributed by atoms with Gasteiger partial charge in [0.25, 0.3) is 5.91 Å². The van der Waals surface area contributed by atoms with Crippen LogP contribution >= 0.6 is 0 Å². The molecule has 0 aliphatic rings. The molecule has 0 atom stereocenters. The molecule has 0 unspecified atom stereocenters. The second-order valence-corrected chi connectivity index (χ2v) is 5.31. The van der Waals surface area contributed by atoms with Crippen LogP contribution in [0.2, 0.25) is 0 Å². The van der Waals surface area contributed by atoms with Crippen molar-refractivity contribution >= 4 is 18.0 Å². The third kappa shape index (κ3) is 4.84. The van der Waals surface area contributed by atoms with E-state index >= 15 is 0 Å². The van der Waals surface area contributed by atoms with Gasteiger partial charge in [0.1, 0.15) is 5.69 Å². The maximum absolute atomic E-state index is 12.1. The van der Waals surface area contributed by atoms with Crippen molar-refractivity contribution in [2.75, 3.05) is 6.54 Å². The lowest BCUT2D eigenvalue weighted by atomic mass is 9.90. The Morgan fingerprint density at radius 3 is 2.75 bits per heavy atom. The Bertz CT molecular complexity index is 522. The molecular formula is C15H20N2O3. The lowest BCUT2D eigenvalue weighted by Crippen LogP contribution is -2.34.